The molecule has 3 aromatic rings. The van der Waals surface area contributed by atoms with Gasteiger partial charge in [-0.2, -0.15) is 0 Å². The lowest BCUT2D eigenvalue weighted by Gasteiger charge is -1.90. The first-order chi connectivity index (χ1) is 6.74. The third-order valence-corrected chi connectivity index (χ3v) is 3.21. The van der Waals surface area contributed by atoms with Crippen molar-refractivity contribution in [1.29, 1.82) is 0 Å². The smallest absolute Gasteiger partial charge is 0.194 e. The van der Waals surface area contributed by atoms with Crippen molar-refractivity contribution in [2.24, 2.45) is 0 Å². The molecule has 70 valence electrons. The lowest BCUT2D eigenvalue weighted by Crippen LogP contribution is -1.78. The highest BCUT2D eigenvalue weighted by atomic mass is 32.1. The highest BCUT2D eigenvalue weighted by Gasteiger charge is 2.07. The summed E-state index contributed by atoms with van der Waals surface area (Å²) < 4.78 is 16.0. The van der Waals surface area contributed by atoms with Crippen LogP contribution in [0.25, 0.3) is 15.2 Å². The van der Waals surface area contributed by atoms with Crippen LogP contribution in [0, 0.1) is 12.7 Å². The summed E-state index contributed by atoms with van der Waals surface area (Å²) >= 11 is 1.58. The molecule has 0 fully saturated rings. The second-order valence-corrected chi connectivity index (χ2v) is 4.26. The molecule has 0 aliphatic heterocycles. The van der Waals surface area contributed by atoms with E-state index in [9.17, 15) is 4.39 Å². The van der Waals surface area contributed by atoms with E-state index in [0.29, 0.717) is 0 Å². The topological polar surface area (TPSA) is 17.3 Å². The Morgan fingerprint density at radius 3 is 3.14 bits per heavy atom. The molecule has 0 saturated heterocycles. The van der Waals surface area contributed by atoms with E-state index in [1.54, 1.807) is 23.5 Å². The van der Waals surface area contributed by atoms with Crippen molar-refractivity contribution in [3.63, 3.8) is 0 Å². The molecule has 4 heteroatoms. The number of benzene rings is 1. The number of aryl methyl sites for hydroxylation is 1. The van der Waals surface area contributed by atoms with Gasteiger partial charge in [0.25, 0.3) is 0 Å². The Hall–Kier alpha value is -1.42. The van der Waals surface area contributed by atoms with Gasteiger partial charge < -0.3 is 0 Å². The summed E-state index contributed by atoms with van der Waals surface area (Å²) in [5.41, 5.74) is 1.85. The van der Waals surface area contributed by atoms with Gasteiger partial charge in [-0.05, 0) is 25.1 Å². The Balaban J connectivity index is 2.55. The van der Waals surface area contributed by atoms with Crippen molar-refractivity contribution in [1.82, 2.24) is 9.38 Å². The zero-order valence-electron chi connectivity index (χ0n) is 7.49. The van der Waals surface area contributed by atoms with E-state index < -0.39 is 0 Å². The average Bonchev–Trinajstić information content (AvgIpc) is 2.62. The SMILES string of the molecule is Cc1cn2c(n1)sc1ccc(F)cc12. The number of rotatable bonds is 0. The Kier molecular flexibility index (Phi) is 1.44. The van der Waals surface area contributed by atoms with Crippen LogP contribution in [0.15, 0.2) is 24.4 Å². The molecule has 2 nitrogen and oxygen atoms in total. The molecule has 0 aliphatic carbocycles. The molecule has 0 radical (unpaired) electrons. The van der Waals surface area contributed by atoms with Crippen LogP contribution in [0.3, 0.4) is 0 Å². The molecular weight excluding hydrogens is 199 g/mol. The summed E-state index contributed by atoms with van der Waals surface area (Å²) in [7, 11) is 0. The molecule has 0 aliphatic rings. The Morgan fingerprint density at radius 1 is 1.43 bits per heavy atom. The van der Waals surface area contributed by atoms with Gasteiger partial charge in [-0.1, -0.05) is 11.3 Å². The number of aromatic nitrogens is 2. The van der Waals surface area contributed by atoms with E-state index in [4.69, 9.17) is 0 Å². The van der Waals surface area contributed by atoms with Crippen LogP contribution in [0.1, 0.15) is 5.69 Å². The van der Waals surface area contributed by atoms with E-state index in [0.717, 1.165) is 20.9 Å². The second-order valence-electron chi connectivity index (χ2n) is 3.25. The summed E-state index contributed by atoms with van der Waals surface area (Å²) in [5.74, 6) is -0.205. The van der Waals surface area contributed by atoms with Crippen LogP contribution in [0.5, 0.6) is 0 Å². The van der Waals surface area contributed by atoms with Crippen LogP contribution in [-0.2, 0) is 0 Å². The van der Waals surface area contributed by atoms with Crippen LogP contribution in [0.4, 0.5) is 4.39 Å². The van der Waals surface area contributed by atoms with E-state index in [1.165, 1.54) is 6.07 Å². The van der Waals surface area contributed by atoms with Crippen molar-refractivity contribution in [3.8, 4) is 0 Å². The molecule has 1 aromatic carbocycles. The number of thiazole rings is 1. The largest absolute Gasteiger partial charge is 0.290 e. The van der Waals surface area contributed by atoms with E-state index in [2.05, 4.69) is 4.98 Å². The summed E-state index contributed by atoms with van der Waals surface area (Å²) in [5, 5.41) is 0. The maximum absolute atomic E-state index is 13.0. The van der Waals surface area contributed by atoms with E-state index >= 15 is 0 Å². The zero-order chi connectivity index (χ0) is 9.71. The van der Waals surface area contributed by atoms with Crippen LogP contribution >= 0.6 is 11.3 Å². The van der Waals surface area contributed by atoms with Crippen molar-refractivity contribution in [2.75, 3.05) is 0 Å². The molecule has 0 saturated carbocycles. The number of nitrogens with zero attached hydrogens (tertiary/aromatic N) is 2. The first kappa shape index (κ1) is 7.94. The van der Waals surface area contributed by atoms with Gasteiger partial charge >= 0.3 is 0 Å². The van der Waals surface area contributed by atoms with Crippen molar-refractivity contribution in [3.05, 3.63) is 35.9 Å². The maximum Gasteiger partial charge on any atom is 0.194 e. The summed E-state index contributed by atoms with van der Waals surface area (Å²) in [4.78, 5) is 5.26. The number of hydrogen-bond acceptors (Lipinski definition) is 2. The zero-order valence-corrected chi connectivity index (χ0v) is 8.31. The Bertz CT molecular complexity index is 623. The summed E-state index contributed by atoms with van der Waals surface area (Å²) in [6.07, 6.45) is 1.92. The number of fused-ring (bicyclic) bond motifs is 3. The molecule has 2 aromatic heterocycles. The first-order valence-corrected chi connectivity index (χ1v) is 5.09. The second kappa shape index (κ2) is 2.54. The van der Waals surface area contributed by atoms with Gasteiger partial charge in [0.2, 0.25) is 0 Å². The van der Waals surface area contributed by atoms with Gasteiger partial charge in [0.05, 0.1) is 15.9 Å². The fraction of sp³-hybridized carbons (Fsp3) is 0.100. The number of hydrogen-bond donors (Lipinski definition) is 0. The van der Waals surface area contributed by atoms with Crippen LogP contribution in [0.2, 0.25) is 0 Å². The summed E-state index contributed by atoms with van der Waals surface area (Å²) in [6.45, 7) is 1.94. The molecule has 0 amide bonds. The standard InChI is InChI=1S/C10H7FN2S/c1-6-5-13-8-4-7(11)2-3-9(8)14-10(13)12-6/h2-5H,1H3. The van der Waals surface area contributed by atoms with Gasteiger partial charge in [-0.3, -0.25) is 4.40 Å². The third-order valence-electron chi connectivity index (χ3n) is 2.18. The van der Waals surface area contributed by atoms with Crippen molar-refractivity contribution < 1.29 is 4.39 Å². The molecule has 2 heterocycles. The number of halogens is 1. The summed E-state index contributed by atoms with van der Waals surface area (Å²) in [6, 6.07) is 4.81. The molecule has 0 unspecified atom stereocenters. The predicted molar refractivity (Wildman–Crippen MR) is 55.3 cm³/mol. The molecule has 3 rings (SSSR count). The van der Waals surface area contributed by atoms with Crippen molar-refractivity contribution in [2.45, 2.75) is 6.92 Å². The monoisotopic (exact) mass is 206 g/mol. The quantitative estimate of drug-likeness (QED) is 0.552. The molecule has 0 bridgehead atoms. The van der Waals surface area contributed by atoms with Gasteiger partial charge in [0, 0.05) is 6.20 Å². The normalized spacial score (nSPS) is 11.6. The molecule has 0 atom stereocenters. The molecular formula is C10H7FN2S. The molecule has 0 spiro atoms. The van der Waals surface area contributed by atoms with Gasteiger partial charge in [-0.25, -0.2) is 9.37 Å². The highest BCUT2D eigenvalue weighted by molar-refractivity contribution is 7.23. The maximum atomic E-state index is 13.0. The third kappa shape index (κ3) is 0.974. The van der Waals surface area contributed by atoms with E-state index in [1.807, 2.05) is 17.5 Å². The lowest BCUT2D eigenvalue weighted by atomic mass is 10.3. The minimum absolute atomic E-state index is 0.205. The minimum atomic E-state index is -0.205. The highest BCUT2D eigenvalue weighted by Crippen LogP contribution is 2.26. The number of imidazole rings is 1. The van der Waals surface area contributed by atoms with Gasteiger partial charge in [0.1, 0.15) is 5.82 Å². The predicted octanol–water partition coefficient (Wildman–Crippen LogP) is 3.00. The van der Waals surface area contributed by atoms with Gasteiger partial charge in [-0.15, -0.1) is 0 Å². The Morgan fingerprint density at radius 2 is 2.29 bits per heavy atom. The van der Waals surface area contributed by atoms with Crippen LogP contribution < -0.4 is 0 Å². The Labute approximate surface area is 83.6 Å². The minimum Gasteiger partial charge on any atom is -0.290 e. The lowest BCUT2D eigenvalue weighted by molar-refractivity contribution is 0.629. The molecule has 14 heavy (non-hydrogen) atoms. The van der Waals surface area contributed by atoms with E-state index in [-0.39, 0.29) is 5.82 Å². The fourth-order valence-corrected chi connectivity index (χ4v) is 2.62. The van der Waals surface area contributed by atoms with Crippen LogP contribution in [-0.4, -0.2) is 9.38 Å². The fourth-order valence-electron chi connectivity index (χ4n) is 1.58. The molecule has 0 N–H and O–H groups in total. The average molecular weight is 206 g/mol. The van der Waals surface area contributed by atoms with Gasteiger partial charge in [0.15, 0.2) is 4.96 Å². The first-order valence-electron chi connectivity index (χ1n) is 4.28. The van der Waals surface area contributed by atoms with Crippen molar-refractivity contribution >= 4 is 26.5 Å².